The second-order valence-corrected chi connectivity index (χ2v) is 7.05. The Morgan fingerprint density at radius 2 is 1.77 bits per heavy atom. The number of aryl methyl sites for hydroxylation is 2. The van der Waals surface area contributed by atoms with Crippen molar-refractivity contribution in [1.82, 2.24) is 15.1 Å². The van der Waals surface area contributed by atoms with Crippen LogP contribution in [-0.4, -0.2) is 41.7 Å². The average Bonchev–Trinajstić information content (AvgIpc) is 2.75. The normalized spacial score (nSPS) is 20.7. The minimum Gasteiger partial charge on any atom is -0.400 e. The molecule has 0 aliphatic carbocycles. The van der Waals surface area contributed by atoms with Gasteiger partial charge < -0.3 is 14.6 Å². The van der Waals surface area contributed by atoms with E-state index in [4.69, 9.17) is 9.31 Å². The standard InChI is InChI=1S/C16H28BN3O2/c1-11-14(12(2)20(8)19-11)9-13(10-18-7)17-21-15(3,4)16(5,6)22-17/h9,18H,10H2,1-8H3. The quantitative estimate of drug-likeness (QED) is 0.867. The maximum absolute atomic E-state index is 6.18. The van der Waals surface area contributed by atoms with Crippen LogP contribution in [-0.2, 0) is 16.4 Å². The number of likely N-dealkylation sites (N-methyl/N-ethyl adjacent to an activating group) is 1. The lowest BCUT2D eigenvalue weighted by molar-refractivity contribution is 0.00578. The molecule has 1 saturated heterocycles. The molecule has 0 amide bonds. The van der Waals surface area contributed by atoms with E-state index in [1.165, 1.54) is 0 Å². The third kappa shape index (κ3) is 3.00. The molecule has 0 bridgehead atoms. The van der Waals surface area contributed by atoms with Crippen LogP contribution in [0, 0.1) is 13.8 Å². The van der Waals surface area contributed by atoms with E-state index in [1.807, 2.05) is 25.7 Å². The van der Waals surface area contributed by atoms with Gasteiger partial charge in [-0.05, 0) is 54.1 Å². The maximum atomic E-state index is 6.18. The molecule has 2 heterocycles. The molecule has 6 heteroatoms. The van der Waals surface area contributed by atoms with Crippen molar-refractivity contribution in [2.24, 2.45) is 7.05 Å². The zero-order valence-corrected chi connectivity index (χ0v) is 15.1. The summed E-state index contributed by atoms with van der Waals surface area (Å²) >= 11 is 0. The number of hydrogen-bond donors (Lipinski definition) is 1. The van der Waals surface area contributed by atoms with Crippen LogP contribution in [0.2, 0.25) is 0 Å². The molecule has 122 valence electrons. The predicted molar refractivity (Wildman–Crippen MR) is 90.7 cm³/mol. The molecule has 1 aliphatic rings. The first-order valence-corrected chi connectivity index (χ1v) is 7.80. The van der Waals surface area contributed by atoms with Crippen molar-refractivity contribution in [3.05, 3.63) is 22.4 Å². The van der Waals surface area contributed by atoms with Crippen molar-refractivity contribution in [1.29, 1.82) is 0 Å². The van der Waals surface area contributed by atoms with E-state index in [1.54, 1.807) is 0 Å². The first-order valence-electron chi connectivity index (χ1n) is 7.80. The summed E-state index contributed by atoms with van der Waals surface area (Å²) in [6, 6.07) is 0. The zero-order valence-electron chi connectivity index (χ0n) is 15.1. The van der Waals surface area contributed by atoms with Crippen LogP contribution in [0.4, 0.5) is 0 Å². The highest BCUT2D eigenvalue weighted by atomic mass is 16.7. The predicted octanol–water partition coefficient (Wildman–Crippen LogP) is 2.27. The highest BCUT2D eigenvalue weighted by molar-refractivity contribution is 6.56. The molecule has 0 spiro atoms. The lowest BCUT2D eigenvalue weighted by Gasteiger charge is -2.32. The summed E-state index contributed by atoms with van der Waals surface area (Å²) in [5.41, 5.74) is 3.73. The molecule has 0 aromatic carbocycles. The van der Waals surface area contributed by atoms with Gasteiger partial charge in [-0.25, -0.2) is 0 Å². The summed E-state index contributed by atoms with van der Waals surface area (Å²) in [4.78, 5) is 0. The van der Waals surface area contributed by atoms with Crippen molar-refractivity contribution in [2.75, 3.05) is 13.6 Å². The Bertz CT molecular complexity index is 574. The van der Waals surface area contributed by atoms with Crippen LogP contribution in [0.1, 0.15) is 44.6 Å². The van der Waals surface area contributed by atoms with Gasteiger partial charge in [-0.15, -0.1) is 0 Å². The number of nitrogens with zero attached hydrogens (tertiary/aromatic N) is 2. The smallest absolute Gasteiger partial charge is 0.400 e. The summed E-state index contributed by atoms with van der Waals surface area (Å²) < 4.78 is 14.3. The number of nitrogens with one attached hydrogen (secondary N) is 1. The fourth-order valence-corrected chi connectivity index (χ4v) is 2.59. The zero-order chi connectivity index (χ0) is 16.7. The highest BCUT2D eigenvalue weighted by Gasteiger charge is 2.52. The molecule has 0 unspecified atom stereocenters. The van der Waals surface area contributed by atoms with Crippen LogP contribution < -0.4 is 5.32 Å². The van der Waals surface area contributed by atoms with E-state index in [0.29, 0.717) is 6.54 Å². The van der Waals surface area contributed by atoms with Crippen LogP contribution in [0.3, 0.4) is 0 Å². The molecule has 0 saturated carbocycles. The van der Waals surface area contributed by atoms with Crippen LogP contribution in [0.25, 0.3) is 6.08 Å². The second-order valence-electron chi connectivity index (χ2n) is 7.05. The molecule has 0 radical (unpaired) electrons. The fourth-order valence-electron chi connectivity index (χ4n) is 2.59. The Labute approximate surface area is 134 Å². The van der Waals surface area contributed by atoms with Gasteiger partial charge in [-0.2, -0.15) is 5.10 Å². The first kappa shape index (κ1) is 17.3. The molecule has 1 aliphatic heterocycles. The largest absolute Gasteiger partial charge is 0.491 e. The minimum atomic E-state index is -0.337. The van der Waals surface area contributed by atoms with Crippen molar-refractivity contribution in [3.63, 3.8) is 0 Å². The van der Waals surface area contributed by atoms with E-state index in [2.05, 4.69) is 51.1 Å². The molecule has 1 aromatic rings. The van der Waals surface area contributed by atoms with E-state index in [-0.39, 0.29) is 18.3 Å². The van der Waals surface area contributed by atoms with E-state index >= 15 is 0 Å². The van der Waals surface area contributed by atoms with E-state index in [9.17, 15) is 0 Å². The number of aromatic nitrogens is 2. The van der Waals surface area contributed by atoms with Gasteiger partial charge in [0.2, 0.25) is 0 Å². The van der Waals surface area contributed by atoms with Gasteiger partial charge >= 0.3 is 7.12 Å². The Hall–Kier alpha value is -1.11. The summed E-state index contributed by atoms with van der Waals surface area (Å²) in [6.07, 6.45) is 2.15. The molecular formula is C16H28BN3O2. The topological polar surface area (TPSA) is 48.3 Å². The molecule has 1 aromatic heterocycles. The second kappa shape index (κ2) is 5.83. The number of rotatable bonds is 4. The summed E-state index contributed by atoms with van der Waals surface area (Å²) in [7, 11) is 3.56. The van der Waals surface area contributed by atoms with Crippen molar-refractivity contribution >= 4 is 13.2 Å². The number of hydrogen-bond acceptors (Lipinski definition) is 4. The van der Waals surface area contributed by atoms with Crippen LogP contribution in [0.5, 0.6) is 0 Å². The van der Waals surface area contributed by atoms with Gasteiger partial charge in [0.25, 0.3) is 0 Å². The van der Waals surface area contributed by atoms with Crippen molar-refractivity contribution in [2.45, 2.75) is 52.7 Å². The third-order valence-corrected chi connectivity index (χ3v) is 4.83. The lowest BCUT2D eigenvalue weighted by atomic mass is 9.77. The van der Waals surface area contributed by atoms with Gasteiger partial charge in [0, 0.05) is 24.8 Å². The highest BCUT2D eigenvalue weighted by Crippen LogP contribution is 2.38. The Kier molecular flexibility index (Phi) is 4.57. The Morgan fingerprint density at radius 3 is 2.18 bits per heavy atom. The summed E-state index contributed by atoms with van der Waals surface area (Å²) in [6.45, 7) is 13.1. The molecule has 1 fully saturated rings. The van der Waals surface area contributed by atoms with E-state index in [0.717, 1.165) is 22.4 Å². The van der Waals surface area contributed by atoms with E-state index < -0.39 is 0 Å². The van der Waals surface area contributed by atoms with Gasteiger partial charge in [-0.3, -0.25) is 4.68 Å². The molecule has 5 nitrogen and oxygen atoms in total. The van der Waals surface area contributed by atoms with Gasteiger partial charge in [0.15, 0.2) is 0 Å². The first-order chi connectivity index (χ1) is 10.1. The monoisotopic (exact) mass is 305 g/mol. The Morgan fingerprint density at radius 1 is 1.23 bits per heavy atom. The Balaban J connectivity index is 2.37. The minimum absolute atomic E-state index is 0.330. The molecule has 0 atom stereocenters. The summed E-state index contributed by atoms with van der Waals surface area (Å²) in [5, 5.41) is 7.69. The van der Waals surface area contributed by atoms with Gasteiger partial charge in [0.1, 0.15) is 0 Å². The SMILES string of the molecule is CNCC(=Cc1c(C)nn(C)c1C)B1OC(C)(C)C(C)(C)O1. The molecule has 1 N–H and O–H groups in total. The van der Waals surface area contributed by atoms with Crippen molar-refractivity contribution in [3.8, 4) is 0 Å². The average molecular weight is 305 g/mol. The fraction of sp³-hybridized carbons (Fsp3) is 0.688. The lowest BCUT2D eigenvalue weighted by Crippen LogP contribution is -2.41. The third-order valence-electron chi connectivity index (χ3n) is 4.83. The maximum Gasteiger partial charge on any atom is 0.491 e. The van der Waals surface area contributed by atoms with Crippen LogP contribution >= 0.6 is 0 Å². The summed E-state index contributed by atoms with van der Waals surface area (Å²) in [5.74, 6) is 0. The van der Waals surface area contributed by atoms with Crippen LogP contribution in [0.15, 0.2) is 5.47 Å². The van der Waals surface area contributed by atoms with Gasteiger partial charge in [-0.1, -0.05) is 6.08 Å². The van der Waals surface area contributed by atoms with Crippen molar-refractivity contribution < 1.29 is 9.31 Å². The molecule has 22 heavy (non-hydrogen) atoms. The molecular weight excluding hydrogens is 277 g/mol. The van der Waals surface area contributed by atoms with Gasteiger partial charge in [0.05, 0.1) is 16.9 Å². The molecule has 2 rings (SSSR count).